The monoisotopic (exact) mass is 700 g/mol. The molecule has 0 spiro atoms. The highest BCUT2D eigenvalue weighted by atomic mass is 16.7. The summed E-state index contributed by atoms with van der Waals surface area (Å²) in [4.78, 5) is 32.4. The van der Waals surface area contributed by atoms with Gasteiger partial charge >= 0.3 is 11.9 Å². The zero-order valence-electron chi connectivity index (χ0n) is 30.9. The number of nitrogens with zero attached hydrogens (tertiary/aromatic N) is 2. The number of benzene rings is 3. The lowest BCUT2D eigenvalue weighted by Gasteiger charge is -2.41. The SMILES string of the molecule is CCO[C@]12C=C[C@](C)(O1)[C@@H](OC(=O)/C=C/c1cn(C)cn1)C[C@H]1C(C)=CC[C@H](C(C)C)[C@H]1/C=C\2C(=O)OCc1c2ccccc2cc2ccccc12. The molecular weight excluding hydrogens is 652 g/mol. The summed E-state index contributed by atoms with van der Waals surface area (Å²) < 4.78 is 27.8. The third kappa shape index (κ3) is 6.77. The van der Waals surface area contributed by atoms with Crippen LogP contribution in [0, 0.1) is 23.7 Å². The number of carbonyl (C=O) groups excluding carboxylic acids is 2. The van der Waals surface area contributed by atoms with Gasteiger partial charge in [-0.2, -0.15) is 0 Å². The molecule has 0 fully saturated rings. The van der Waals surface area contributed by atoms with E-state index in [1.165, 1.54) is 11.6 Å². The number of carbonyl (C=O) groups is 2. The van der Waals surface area contributed by atoms with Gasteiger partial charge in [-0.15, -0.1) is 0 Å². The molecule has 1 aromatic heterocycles. The van der Waals surface area contributed by atoms with Gasteiger partial charge in [-0.3, -0.25) is 0 Å². The van der Waals surface area contributed by atoms with Gasteiger partial charge in [-0.05, 0) is 103 Å². The van der Waals surface area contributed by atoms with Crippen molar-refractivity contribution in [2.24, 2.45) is 30.7 Å². The number of fused-ring (bicyclic) bond motifs is 5. The van der Waals surface area contributed by atoms with Gasteiger partial charge in [0, 0.05) is 31.5 Å². The smallest absolute Gasteiger partial charge is 0.339 e. The maximum atomic E-state index is 14.7. The van der Waals surface area contributed by atoms with Gasteiger partial charge in [-0.25, -0.2) is 14.6 Å². The first-order chi connectivity index (χ1) is 25.0. The van der Waals surface area contributed by atoms with Crippen LogP contribution in [0.4, 0.5) is 0 Å². The Morgan fingerprint density at radius 1 is 1.08 bits per heavy atom. The van der Waals surface area contributed by atoms with Crippen molar-refractivity contribution in [3.63, 3.8) is 0 Å². The van der Waals surface area contributed by atoms with E-state index in [1.54, 1.807) is 18.5 Å². The average Bonchev–Trinajstić information content (AvgIpc) is 3.72. The number of rotatable bonds is 9. The molecule has 0 radical (unpaired) electrons. The topological polar surface area (TPSA) is 88.9 Å². The van der Waals surface area contributed by atoms with E-state index in [1.807, 2.05) is 62.0 Å². The number of aromatic nitrogens is 2. The Morgan fingerprint density at radius 3 is 2.44 bits per heavy atom. The summed E-state index contributed by atoms with van der Waals surface area (Å²) in [6, 6.07) is 18.5. The van der Waals surface area contributed by atoms with E-state index in [2.05, 4.69) is 68.2 Å². The van der Waals surface area contributed by atoms with E-state index in [-0.39, 0.29) is 31.0 Å². The van der Waals surface area contributed by atoms with Crippen LogP contribution in [0.5, 0.6) is 0 Å². The summed E-state index contributed by atoms with van der Waals surface area (Å²) in [5.41, 5.74) is 2.02. The Labute approximate surface area is 305 Å². The molecule has 3 aliphatic rings. The molecule has 2 aliphatic heterocycles. The minimum atomic E-state index is -1.54. The second kappa shape index (κ2) is 14.3. The van der Waals surface area contributed by atoms with E-state index in [4.69, 9.17) is 18.9 Å². The van der Waals surface area contributed by atoms with Crippen LogP contribution in [-0.4, -0.2) is 45.6 Å². The van der Waals surface area contributed by atoms with Crippen molar-refractivity contribution in [2.75, 3.05) is 6.61 Å². The second-order valence-electron chi connectivity index (χ2n) is 14.9. The molecule has 0 saturated heterocycles. The van der Waals surface area contributed by atoms with Crippen LogP contribution in [0.15, 0.2) is 109 Å². The molecule has 7 rings (SSSR count). The van der Waals surface area contributed by atoms with Crippen molar-refractivity contribution >= 4 is 39.6 Å². The first-order valence-electron chi connectivity index (χ1n) is 18.4. The third-order valence-corrected chi connectivity index (χ3v) is 11.1. The molecule has 270 valence electrons. The molecule has 1 aliphatic carbocycles. The Morgan fingerprint density at radius 2 is 1.79 bits per heavy atom. The van der Waals surface area contributed by atoms with Crippen LogP contribution in [0.1, 0.15) is 58.7 Å². The molecular formula is C44H48N2O6. The van der Waals surface area contributed by atoms with Gasteiger partial charge in [0.2, 0.25) is 5.79 Å². The minimum Gasteiger partial charge on any atom is -0.457 e. The molecule has 2 bridgehead atoms. The van der Waals surface area contributed by atoms with Crippen molar-refractivity contribution in [1.29, 1.82) is 0 Å². The molecule has 6 atom stereocenters. The van der Waals surface area contributed by atoms with Gasteiger partial charge in [0.05, 0.1) is 17.6 Å². The van der Waals surface area contributed by atoms with E-state index in [0.717, 1.165) is 33.5 Å². The van der Waals surface area contributed by atoms with Gasteiger partial charge in [0.1, 0.15) is 18.3 Å². The Bertz CT molecular complexity index is 2070. The predicted molar refractivity (Wildman–Crippen MR) is 203 cm³/mol. The van der Waals surface area contributed by atoms with E-state index >= 15 is 0 Å². The first-order valence-corrected chi connectivity index (χ1v) is 18.4. The molecule has 0 amide bonds. The maximum Gasteiger partial charge on any atom is 0.339 e. The first kappa shape index (κ1) is 35.6. The van der Waals surface area contributed by atoms with Crippen LogP contribution in [0.25, 0.3) is 27.6 Å². The Hall–Kier alpha value is -4.79. The van der Waals surface area contributed by atoms with Crippen LogP contribution < -0.4 is 0 Å². The standard InChI is InChI=1S/C44H48N2O6/c1-7-50-44-21-20-43(5,52-44)40(51-41(47)19-17-32-25-46(6)27-45-32)24-36-29(4)16-18-33(28(2)3)37(36)23-39(44)42(48)49-26-38-34-14-10-8-12-30(34)22-31-13-9-11-15-35(31)38/h8-17,19-23,25,27-28,33,36-37,40H,7,18,24,26H2,1-6H3/b19-17+,39-23-/t33-,36+,37-,40+,43+,44-/m1/s1. The molecule has 0 unspecified atom stereocenters. The van der Waals surface area contributed by atoms with Crippen molar-refractivity contribution in [3.8, 4) is 0 Å². The number of ether oxygens (including phenoxy) is 4. The zero-order valence-corrected chi connectivity index (χ0v) is 30.9. The zero-order chi connectivity index (χ0) is 36.6. The van der Waals surface area contributed by atoms with E-state index in [0.29, 0.717) is 23.6 Å². The lowest BCUT2D eigenvalue weighted by atomic mass is 9.65. The summed E-state index contributed by atoms with van der Waals surface area (Å²) in [6.45, 7) is 10.7. The lowest BCUT2D eigenvalue weighted by molar-refractivity contribution is -0.235. The van der Waals surface area contributed by atoms with Crippen molar-refractivity contribution in [3.05, 3.63) is 120 Å². The summed E-state index contributed by atoms with van der Waals surface area (Å²) in [5, 5.41) is 4.24. The highest BCUT2D eigenvalue weighted by molar-refractivity contribution is 6.02. The number of hydrogen-bond acceptors (Lipinski definition) is 7. The minimum absolute atomic E-state index is 0.0182. The third-order valence-electron chi connectivity index (χ3n) is 11.1. The van der Waals surface area contributed by atoms with Crippen molar-refractivity contribution in [1.82, 2.24) is 9.55 Å². The molecule has 4 aromatic rings. The molecule has 3 heterocycles. The molecule has 3 aromatic carbocycles. The summed E-state index contributed by atoms with van der Waals surface area (Å²) in [6.07, 6.45) is 15.3. The molecule has 8 nitrogen and oxygen atoms in total. The van der Waals surface area contributed by atoms with Gasteiger partial charge in [0.25, 0.3) is 0 Å². The number of hydrogen-bond donors (Lipinski definition) is 0. The van der Waals surface area contributed by atoms with Crippen LogP contribution >= 0.6 is 0 Å². The van der Waals surface area contributed by atoms with Crippen molar-refractivity contribution < 1.29 is 28.5 Å². The summed E-state index contributed by atoms with van der Waals surface area (Å²) in [7, 11) is 1.87. The molecule has 0 N–H and O–H groups in total. The van der Waals surface area contributed by atoms with Gasteiger partial charge in [-0.1, -0.05) is 80.1 Å². The molecule has 0 saturated carbocycles. The molecule has 8 heteroatoms. The van der Waals surface area contributed by atoms with Crippen molar-refractivity contribution in [2.45, 2.75) is 71.6 Å². The number of allylic oxidation sites excluding steroid dienone is 3. The number of esters is 2. The highest BCUT2D eigenvalue weighted by Crippen LogP contribution is 2.50. The van der Waals surface area contributed by atoms with Crippen LogP contribution in [0.3, 0.4) is 0 Å². The fraction of sp³-hybridized carbons (Fsp3) is 0.386. The van der Waals surface area contributed by atoms with E-state index in [9.17, 15) is 9.59 Å². The largest absolute Gasteiger partial charge is 0.457 e. The Balaban J connectivity index is 1.28. The average molecular weight is 701 g/mol. The van der Waals surface area contributed by atoms with Crippen LogP contribution in [0.2, 0.25) is 0 Å². The summed E-state index contributed by atoms with van der Waals surface area (Å²) in [5.74, 6) is -2.06. The predicted octanol–water partition coefficient (Wildman–Crippen LogP) is 8.66. The lowest BCUT2D eigenvalue weighted by Crippen LogP contribution is -2.48. The van der Waals surface area contributed by atoms with Gasteiger partial charge < -0.3 is 23.5 Å². The maximum absolute atomic E-state index is 14.7. The second-order valence-corrected chi connectivity index (χ2v) is 14.9. The highest BCUT2D eigenvalue weighted by Gasteiger charge is 2.55. The number of imidazole rings is 1. The Kier molecular flexibility index (Phi) is 9.81. The van der Waals surface area contributed by atoms with Gasteiger partial charge in [0.15, 0.2) is 0 Å². The quantitative estimate of drug-likeness (QED) is 0.0748. The van der Waals surface area contributed by atoms with Crippen LogP contribution in [-0.2, 0) is 42.2 Å². The summed E-state index contributed by atoms with van der Waals surface area (Å²) >= 11 is 0. The fourth-order valence-corrected chi connectivity index (χ4v) is 8.37. The molecule has 52 heavy (non-hydrogen) atoms. The fourth-order valence-electron chi connectivity index (χ4n) is 8.37. The number of aryl methyl sites for hydroxylation is 1. The van der Waals surface area contributed by atoms with E-state index < -0.39 is 29.4 Å². The normalized spacial score (nSPS) is 28.2.